The molecule has 116 valence electrons. The molecule has 1 N–H and O–H groups in total. The molecule has 0 unspecified atom stereocenters. The Balaban J connectivity index is 2.03. The molecule has 0 saturated carbocycles. The standard InChI is InChI=1S/C14H10F3NO2S2/c15-14(16,17)12-6-1-4-11(10-12)5-2-8-18-22(19,20)13-7-3-9-21-13/h1,3-4,6-7,9-10,18H,8H2. The average Bonchev–Trinajstić information content (AvgIpc) is 2.98. The van der Waals surface area contributed by atoms with Crippen molar-refractivity contribution in [2.24, 2.45) is 0 Å². The molecule has 0 bridgehead atoms. The fraction of sp³-hybridized carbons (Fsp3) is 0.143. The summed E-state index contributed by atoms with van der Waals surface area (Å²) >= 11 is 1.07. The molecule has 0 atom stereocenters. The van der Waals surface area contributed by atoms with Gasteiger partial charge < -0.3 is 0 Å². The summed E-state index contributed by atoms with van der Waals surface area (Å²) in [7, 11) is -3.62. The van der Waals surface area contributed by atoms with E-state index in [4.69, 9.17) is 0 Å². The van der Waals surface area contributed by atoms with Crippen molar-refractivity contribution in [1.82, 2.24) is 4.72 Å². The van der Waals surface area contributed by atoms with Crippen LogP contribution in [-0.2, 0) is 16.2 Å². The molecule has 0 aliphatic heterocycles. The molecule has 0 fully saturated rings. The number of benzene rings is 1. The lowest BCUT2D eigenvalue weighted by Gasteiger charge is -2.05. The number of sulfonamides is 1. The lowest BCUT2D eigenvalue weighted by molar-refractivity contribution is -0.137. The molecule has 8 heteroatoms. The molecule has 3 nitrogen and oxygen atoms in total. The molecule has 1 aromatic carbocycles. The molecule has 1 heterocycles. The fourth-order valence-corrected chi connectivity index (χ4v) is 3.50. The zero-order valence-electron chi connectivity index (χ0n) is 11.0. The minimum Gasteiger partial charge on any atom is -0.206 e. The molecule has 0 radical (unpaired) electrons. The summed E-state index contributed by atoms with van der Waals surface area (Å²) < 4.78 is 63.6. The van der Waals surface area contributed by atoms with Crippen molar-refractivity contribution >= 4 is 21.4 Å². The van der Waals surface area contributed by atoms with Crippen LogP contribution in [0.4, 0.5) is 13.2 Å². The summed E-state index contributed by atoms with van der Waals surface area (Å²) in [6, 6.07) is 7.60. The first-order valence-electron chi connectivity index (χ1n) is 5.98. The second-order valence-corrected chi connectivity index (χ2v) is 7.08. The van der Waals surface area contributed by atoms with E-state index in [2.05, 4.69) is 16.6 Å². The van der Waals surface area contributed by atoms with Crippen molar-refractivity contribution in [2.75, 3.05) is 6.54 Å². The summed E-state index contributed by atoms with van der Waals surface area (Å²) in [6.45, 7) is -0.184. The van der Waals surface area contributed by atoms with Gasteiger partial charge in [0.1, 0.15) is 4.21 Å². The minimum atomic E-state index is -4.43. The summed E-state index contributed by atoms with van der Waals surface area (Å²) in [5.74, 6) is 5.00. The van der Waals surface area contributed by atoms with Gasteiger partial charge in [-0.3, -0.25) is 0 Å². The normalized spacial score (nSPS) is 11.8. The second kappa shape index (κ2) is 6.52. The van der Waals surface area contributed by atoms with E-state index in [0.29, 0.717) is 0 Å². The van der Waals surface area contributed by atoms with Crippen LogP contribution < -0.4 is 4.72 Å². The summed E-state index contributed by atoms with van der Waals surface area (Å²) in [5.41, 5.74) is -0.622. The van der Waals surface area contributed by atoms with Crippen LogP contribution in [0.5, 0.6) is 0 Å². The summed E-state index contributed by atoms with van der Waals surface area (Å²) in [5, 5.41) is 1.63. The highest BCUT2D eigenvalue weighted by Crippen LogP contribution is 2.29. The SMILES string of the molecule is O=S(=O)(NCC#Cc1cccc(C(F)(F)F)c1)c1cccs1. The number of rotatable bonds is 3. The predicted octanol–water partition coefficient (Wildman–Crippen LogP) is 3.10. The minimum absolute atomic E-state index is 0.161. The van der Waals surface area contributed by atoms with Gasteiger partial charge in [-0.15, -0.1) is 11.3 Å². The Morgan fingerprint density at radius 3 is 2.59 bits per heavy atom. The van der Waals surface area contributed by atoms with E-state index in [0.717, 1.165) is 23.5 Å². The average molecular weight is 345 g/mol. The molecule has 22 heavy (non-hydrogen) atoms. The molecule has 0 aliphatic carbocycles. The van der Waals surface area contributed by atoms with E-state index >= 15 is 0 Å². The molecular weight excluding hydrogens is 335 g/mol. The predicted molar refractivity (Wildman–Crippen MR) is 77.8 cm³/mol. The van der Waals surface area contributed by atoms with Gasteiger partial charge in [-0.05, 0) is 29.6 Å². The van der Waals surface area contributed by atoms with Crippen LogP contribution in [-0.4, -0.2) is 15.0 Å². The van der Waals surface area contributed by atoms with Crippen molar-refractivity contribution in [3.8, 4) is 11.8 Å². The van der Waals surface area contributed by atoms with Gasteiger partial charge in [-0.2, -0.15) is 17.9 Å². The number of alkyl halides is 3. The molecular formula is C14H10F3NO2S2. The van der Waals surface area contributed by atoms with Crippen LogP contribution >= 0.6 is 11.3 Å². The Hall–Kier alpha value is -1.82. The Kier molecular flexibility index (Phi) is 4.90. The van der Waals surface area contributed by atoms with Crippen molar-refractivity contribution < 1.29 is 21.6 Å². The van der Waals surface area contributed by atoms with Crippen molar-refractivity contribution in [2.45, 2.75) is 10.4 Å². The highest BCUT2D eigenvalue weighted by molar-refractivity contribution is 7.91. The topological polar surface area (TPSA) is 46.2 Å². The number of hydrogen-bond acceptors (Lipinski definition) is 3. The monoisotopic (exact) mass is 345 g/mol. The number of thiophene rings is 1. The van der Waals surface area contributed by atoms with E-state index in [1.165, 1.54) is 18.2 Å². The largest absolute Gasteiger partial charge is 0.416 e. The maximum atomic E-state index is 12.5. The molecule has 0 aliphatic rings. The van der Waals surface area contributed by atoms with E-state index in [1.54, 1.807) is 11.4 Å². The lowest BCUT2D eigenvalue weighted by Crippen LogP contribution is -2.23. The Labute approximate surface area is 129 Å². The van der Waals surface area contributed by atoms with Crippen molar-refractivity contribution in [1.29, 1.82) is 0 Å². The first kappa shape index (κ1) is 16.5. The number of halogens is 3. The Morgan fingerprint density at radius 2 is 1.95 bits per heavy atom. The van der Waals surface area contributed by atoms with Gasteiger partial charge in [0.2, 0.25) is 0 Å². The van der Waals surface area contributed by atoms with Gasteiger partial charge in [-0.1, -0.05) is 24.0 Å². The smallest absolute Gasteiger partial charge is 0.206 e. The number of hydrogen-bond donors (Lipinski definition) is 1. The van der Waals surface area contributed by atoms with Crippen molar-refractivity contribution in [3.05, 3.63) is 52.9 Å². The van der Waals surface area contributed by atoms with Gasteiger partial charge in [0, 0.05) is 5.56 Å². The zero-order chi connectivity index (χ0) is 16.2. The molecule has 0 spiro atoms. The van der Waals surface area contributed by atoms with E-state index in [9.17, 15) is 21.6 Å². The quantitative estimate of drug-likeness (QED) is 0.869. The molecule has 0 amide bonds. The van der Waals surface area contributed by atoms with Gasteiger partial charge in [-0.25, -0.2) is 8.42 Å². The fourth-order valence-electron chi connectivity index (χ4n) is 1.54. The Morgan fingerprint density at radius 1 is 1.18 bits per heavy atom. The third-order valence-electron chi connectivity index (χ3n) is 2.53. The first-order valence-corrected chi connectivity index (χ1v) is 8.34. The van der Waals surface area contributed by atoms with E-state index in [1.807, 2.05) is 0 Å². The lowest BCUT2D eigenvalue weighted by atomic mass is 10.1. The van der Waals surface area contributed by atoms with Gasteiger partial charge in [0.25, 0.3) is 10.0 Å². The van der Waals surface area contributed by atoms with Gasteiger partial charge >= 0.3 is 6.18 Å². The van der Waals surface area contributed by atoms with Crippen LogP contribution in [0.15, 0.2) is 46.0 Å². The number of nitrogens with one attached hydrogen (secondary N) is 1. The highest BCUT2D eigenvalue weighted by atomic mass is 32.2. The second-order valence-electron chi connectivity index (χ2n) is 4.14. The third-order valence-corrected chi connectivity index (χ3v) is 5.33. The van der Waals surface area contributed by atoms with E-state index in [-0.39, 0.29) is 16.3 Å². The Bertz CT molecular complexity index is 801. The van der Waals surface area contributed by atoms with Crippen molar-refractivity contribution in [3.63, 3.8) is 0 Å². The zero-order valence-corrected chi connectivity index (χ0v) is 12.6. The third kappa shape index (κ3) is 4.34. The van der Waals surface area contributed by atoms with Crippen LogP contribution in [0.2, 0.25) is 0 Å². The van der Waals surface area contributed by atoms with Crippen LogP contribution in [0.3, 0.4) is 0 Å². The highest BCUT2D eigenvalue weighted by Gasteiger charge is 2.30. The van der Waals surface area contributed by atoms with Gasteiger partial charge in [0.15, 0.2) is 0 Å². The molecule has 1 aromatic heterocycles. The summed E-state index contributed by atoms with van der Waals surface area (Å²) in [6.07, 6.45) is -4.43. The molecule has 2 rings (SSSR count). The molecule has 0 saturated heterocycles. The summed E-state index contributed by atoms with van der Waals surface area (Å²) in [4.78, 5) is 0. The van der Waals surface area contributed by atoms with Crippen LogP contribution in [0.1, 0.15) is 11.1 Å². The van der Waals surface area contributed by atoms with Gasteiger partial charge in [0.05, 0.1) is 12.1 Å². The van der Waals surface area contributed by atoms with Crippen LogP contribution in [0.25, 0.3) is 0 Å². The maximum Gasteiger partial charge on any atom is 0.416 e. The van der Waals surface area contributed by atoms with Crippen LogP contribution in [0, 0.1) is 11.8 Å². The maximum absolute atomic E-state index is 12.5. The first-order chi connectivity index (χ1) is 10.3. The van der Waals surface area contributed by atoms with E-state index < -0.39 is 21.8 Å². The molecule has 2 aromatic rings.